The Labute approximate surface area is 131 Å². The highest BCUT2D eigenvalue weighted by atomic mass is 19.4. The first-order chi connectivity index (χ1) is 10.8. The number of carbonyl (C=O) groups is 1. The van der Waals surface area contributed by atoms with Gasteiger partial charge in [-0.05, 0) is 32.9 Å². The van der Waals surface area contributed by atoms with Crippen molar-refractivity contribution in [1.82, 2.24) is 19.7 Å². The summed E-state index contributed by atoms with van der Waals surface area (Å²) >= 11 is 0. The summed E-state index contributed by atoms with van der Waals surface area (Å²) < 4.78 is 39.1. The van der Waals surface area contributed by atoms with E-state index in [2.05, 4.69) is 10.1 Å². The second-order valence-electron chi connectivity index (χ2n) is 4.94. The molecule has 0 fully saturated rings. The molecule has 2 aromatic heterocycles. The van der Waals surface area contributed by atoms with E-state index in [0.717, 1.165) is 12.3 Å². The van der Waals surface area contributed by atoms with Gasteiger partial charge in [0.15, 0.2) is 5.82 Å². The van der Waals surface area contributed by atoms with Crippen molar-refractivity contribution in [1.29, 1.82) is 0 Å². The summed E-state index contributed by atoms with van der Waals surface area (Å²) in [6.45, 7) is 6.57. The van der Waals surface area contributed by atoms with E-state index in [-0.39, 0.29) is 11.7 Å². The lowest BCUT2D eigenvalue weighted by Crippen LogP contribution is -2.30. The highest BCUT2D eigenvalue weighted by molar-refractivity contribution is 5.95. The Morgan fingerprint density at radius 2 is 1.87 bits per heavy atom. The molecule has 0 aliphatic heterocycles. The van der Waals surface area contributed by atoms with Crippen LogP contribution in [0.1, 0.15) is 35.5 Å². The van der Waals surface area contributed by atoms with E-state index >= 15 is 0 Å². The molecule has 23 heavy (non-hydrogen) atoms. The van der Waals surface area contributed by atoms with E-state index in [4.69, 9.17) is 0 Å². The smallest absolute Gasteiger partial charge is 0.339 e. The molecule has 0 aromatic carbocycles. The van der Waals surface area contributed by atoms with Gasteiger partial charge in [-0.25, -0.2) is 9.67 Å². The van der Waals surface area contributed by atoms with Crippen molar-refractivity contribution in [2.75, 3.05) is 13.1 Å². The Hall–Kier alpha value is -2.38. The quantitative estimate of drug-likeness (QED) is 0.867. The third kappa shape index (κ3) is 3.35. The number of halogens is 3. The predicted octanol–water partition coefficient (Wildman–Crippen LogP) is 3.08. The van der Waals surface area contributed by atoms with E-state index in [9.17, 15) is 18.0 Å². The summed E-state index contributed by atoms with van der Waals surface area (Å²) in [6.07, 6.45) is -2.27. The first-order valence-corrected chi connectivity index (χ1v) is 7.17. The monoisotopic (exact) mass is 326 g/mol. The molecule has 0 saturated carbocycles. The average molecular weight is 326 g/mol. The molecular weight excluding hydrogens is 309 g/mol. The zero-order chi connectivity index (χ0) is 17.2. The Bertz CT molecular complexity index is 688. The van der Waals surface area contributed by atoms with Crippen molar-refractivity contribution in [3.8, 4) is 5.82 Å². The first-order valence-electron chi connectivity index (χ1n) is 7.17. The number of hydrogen-bond donors (Lipinski definition) is 0. The molecule has 5 nitrogen and oxygen atoms in total. The zero-order valence-corrected chi connectivity index (χ0v) is 13.1. The fourth-order valence-corrected chi connectivity index (χ4v) is 2.21. The average Bonchev–Trinajstić information content (AvgIpc) is 2.89. The maximum absolute atomic E-state index is 12.6. The number of nitrogens with zero attached hydrogens (tertiary/aromatic N) is 4. The van der Waals surface area contributed by atoms with Gasteiger partial charge in [-0.1, -0.05) is 0 Å². The number of pyridine rings is 1. The molecule has 0 aliphatic carbocycles. The molecule has 0 bridgehead atoms. The van der Waals surface area contributed by atoms with Gasteiger partial charge in [-0.2, -0.15) is 18.3 Å². The molecule has 1 amide bonds. The Balaban J connectivity index is 2.34. The lowest BCUT2D eigenvalue weighted by atomic mass is 10.2. The van der Waals surface area contributed by atoms with Crippen LogP contribution in [0.25, 0.3) is 5.82 Å². The van der Waals surface area contributed by atoms with Crippen LogP contribution in [0.2, 0.25) is 0 Å². The van der Waals surface area contributed by atoms with Crippen LogP contribution < -0.4 is 0 Å². The summed E-state index contributed by atoms with van der Waals surface area (Å²) in [4.78, 5) is 17.8. The molecule has 0 radical (unpaired) electrons. The van der Waals surface area contributed by atoms with Gasteiger partial charge in [-0.3, -0.25) is 4.79 Å². The molecular formula is C15H17F3N4O. The van der Waals surface area contributed by atoms with Crippen LogP contribution in [0.3, 0.4) is 0 Å². The second kappa shape index (κ2) is 6.39. The molecule has 0 atom stereocenters. The van der Waals surface area contributed by atoms with Crippen molar-refractivity contribution in [2.45, 2.75) is 26.9 Å². The minimum Gasteiger partial charge on any atom is -0.339 e. The molecule has 0 aliphatic rings. The van der Waals surface area contributed by atoms with Crippen LogP contribution in [-0.4, -0.2) is 38.7 Å². The van der Waals surface area contributed by atoms with E-state index in [0.29, 0.717) is 24.3 Å². The van der Waals surface area contributed by atoms with E-state index in [1.54, 1.807) is 11.8 Å². The fourth-order valence-electron chi connectivity index (χ4n) is 2.21. The third-order valence-corrected chi connectivity index (χ3v) is 3.58. The summed E-state index contributed by atoms with van der Waals surface area (Å²) in [5.74, 6) is 0.0692. The van der Waals surface area contributed by atoms with Crippen molar-refractivity contribution in [2.24, 2.45) is 0 Å². The minimum atomic E-state index is -4.44. The molecule has 124 valence electrons. The molecule has 2 heterocycles. The van der Waals surface area contributed by atoms with Gasteiger partial charge in [-0.15, -0.1) is 0 Å². The van der Waals surface area contributed by atoms with E-state index in [1.807, 2.05) is 13.8 Å². The van der Waals surface area contributed by atoms with Gasteiger partial charge in [0.25, 0.3) is 5.91 Å². The third-order valence-electron chi connectivity index (χ3n) is 3.58. The van der Waals surface area contributed by atoms with Gasteiger partial charge in [0.1, 0.15) is 0 Å². The highest BCUT2D eigenvalue weighted by Gasteiger charge is 2.31. The molecule has 2 aromatic rings. The van der Waals surface area contributed by atoms with Crippen LogP contribution >= 0.6 is 0 Å². The second-order valence-corrected chi connectivity index (χ2v) is 4.94. The van der Waals surface area contributed by atoms with E-state index < -0.39 is 11.7 Å². The SMILES string of the molecule is CCN(CC)C(=O)c1cnn(-c2ccc(C(F)(F)F)cn2)c1C. The predicted molar refractivity (Wildman–Crippen MR) is 78.3 cm³/mol. The largest absolute Gasteiger partial charge is 0.417 e. The summed E-state index contributed by atoms with van der Waals surface area (Å²) in [5, 5.41) is 4.08. The van der Waals surface area contributed by atoms with Crippen LogP contribution in [-0.2, 0) is 6.18 Å². The number of carbonyl (C=O) groups excluding carboxylic acids is 1. The number of amides is 1. The normalized spacial score (nSPS) is 11.6. The number of alkyl halides is 3. The summed E-state index contributed by atoms with van der Waals surface area (Å²) in [5.41, 5.74) is 0.120. The molecule has 0 unspecified atom stereocenters. The minimum absolute atomic E-state index is 0.161. The van der Waals surface area contributed by atoms with Gasteiger partial charge >= 0.3 is 6.18 Å². The van der Waals surface area contributed by atoms with Crippen molar-refractivity contribution in [3.63, 3.8) is 0 Å². The standard InChI is InChI=1S/C15H17F3N4O/c1-4-21(5-2)14(23)12-9-20-22(10(12)3)13-7-6-11(8-19-13)15(16,17)18/h6-9H,4-5H2,1-3H3. The van der Waals surface area contributed by atoms with Crippen LogP contribution in [0.5, 0.6) is 0 Å². The van der Waals surface area contributed by atoms with Crippen LogP contribution in [0, 0.1) is 6.92 Å². The molecule has 0 spiro atoms. The van der Waals surface area contributed by atoms with Gasteiger partial charge in [0.2, 0.25) is 0 Å². The lowest BCUT2D eigenvalue weighted by molar-refractivity contribution is -0.137. The number of aromatic nitrogens is 3. The first kappa shape index (κ1) is 17.0. The topological polar surface area (TPSA) is 51.0 Å². The lowest BCUT2D eigenvalue weighted by Gasteiger charge is -2.18. The maximum Gasteiger partial charge on any atom is 0.417 e. The van der Waals surface area contributed by atoms with Crippen molar-refractivity contribution < 1.29 is 18.0 Å². The molecule has 2 rings (SSSR count). The van der Waals surface area contributed by atoms with Crippen LogP contribution in [0.4, 0.5) is 13.2 Å². The zero-order valence-electron chi connectivity index (χ0n) is 13.1. The van der Waals surface area contributed by atoms with Gasteiger partial charge in [0.05, 0.1) is 23.0 Å². The summed E-state index contributed by atoms with van der Waals surface area (Å²) in [6, 6.07) is 2.17. The number of rotatable bonds is 4. The van der Waals surface area contributed by atoms with Crippen molar-refractivity contribution >= 4 is 5.91 Å². The van der Waals surface area contributed by atoms with Crippen molar-refractivity contribution in [3.05, 3.63) is 41.3 Å². The molecule has 8 heteroatoms. The molecule has 0 saturated heterocycles. The fraction of sp³-hybridized carbons (Fsp3) is 0.400. The molecule has 0 N–H and O–H groups in total. The van der Waals surface area contributed by atoms with Crippen LogP contribution in [0.15, 0.2) is 24.5 Å². The Morgan fingerprint density at radius 1 is 1.22 bits per heavy atom. The Kier molecular flexibility index (Phi) is 4.72. The van der Waals surface area contributed by atoms with E-state index in [1.165, 1.54) is 16.9 Å². The number of hydrogen-bond acceptors (Lipinski definition) is 3. The summed E-state index contributed by atoms with van der Waals surface area (Å²) in [7, 11) is 0. The van der Waals surface area contributed by atoms with Gasteiger partial charge in [0, 0.05) is 19.3 Å². The maximum atomic E-state index is 12.6. The Morgan fingerprint density at radius 3 is 2.35 bits per heavy atom. The highest BCUT2D eigenvalue weighted by Crippen LogP contribution is 2.28. The van der Waals surface area contributed by atoms with Gasteiger partial charge < -0.3 is 4.90 Å².